The van der Waals surface area contributed by atoms with Gasteiger partial charge >= 0.3 is 0 Å². The number of aliphatic hydroxyl groups excluding tert-OH is 1. The highest BCUT2D eigenvalue weighted by molar-refractivity contribution is 5.43. The van der Waals surface area contributed by atoms with Crippen LogP contribution in [0, 0.1) is 26.2 Å². The summed E-state index contributed by atoms with van der Waals surface area (Å²) in [6.45, 7) is 11.0. The monoisotopic (exact) mass is 246 g/mol. The van der Waals surface area contributed by atoms with E-state index in [4.69, 9.17) is 0 Å². The lowest BCUT2D eigenvalue weighted by Crippen LogP contribution is -2.51. The molecular weight excluding hydrogens is 220 g/mol. The summed E-state index contributed by atoms with van der Waals surface area (Å²) in [4.78, 5) is 0. The molecule has 1 saturated carbocycles. The van der Waals surface area contributed by atoms with Crippen molar-refractivity contribution >= 4 is 0 Å². The fourth-order valence-corrected chi connectivity index (χ4v) is 4.12. The first-order valence-electron chi connectivity index (χ1n) is 7.22. The largest absolute Gasteiger partial charge is 0.393 e. The van der Waals surface area contributed by atoms with Gasteiger partial charge in [-0.05, 0) is 62.6 Å². The molecule has 0 aromatic heterocycles. The Kier molecular flexibility index (Phi) is 3.55. The van der Waals surface area contributed by atoms with E-state index in [1.54, 1.807) is 0 Å². The Morgan fingerprint density at radius 1 is 1.11 bits per heavy atom. The van der Waals surface area contributed by atoms with E-state index in [-0.39, 0.29) is 11.5 Å². The second-order valence-corrected chi connectivity index (χ2v) is 6.06. The minimum absolute atomic E-state index is 0.113. The fourth-order valence-electron chi connectivity index (χ4n) is 4.12. The summed E-state index contributed by atoms with van der Waals surface area (Å²) in [6, 6.07) is 4.56. The van der Waals surface area contributed by atoms with Crippen molar-refractivity contribution in [3.63, 3.8) is 0 Å². The molecule has 0 spiro atoms. The second kappa shape index (κ2) is 4.70. The molecule has 1 N–H and O–H groups in total. The molecule has 2 atom stereocenters. The summed E-state index contributed by atoms with van der Waals surface area (Å²) >= 11 is 0. The highest BCUT2D eigenvalue weighted by Crippen LogP contribution is 2.58. The van der Waals surface area contributed by atoms with Gasteiger partial charge in [0.1, 0.15) is 0 Å². The van der Waals surface area contributed by atoms with Gasteiger partial charge in [0.15, 0.2) is 0 Å². The minimum Gasteiger partial charge on any atom is -0.393 e. The van der Waals surface area contributed by atoms with E-state index in [0.717, 1.165) is 19.3 Å². The predicted molar refractivity (Wildman–Crippen MR) is 77.0 cm³/mol. The van der Waals surface area contributed by atoms with Gasteiger partial charge in [-0.15, -0.1) is 0 Å². The van der Waals surface area contributed by atoms with Crippen LogP contribution in [0.5, 0.6) is 0 Å². The number of hydrogen-bond donors (Lipinski definition) is 1. The Hall–Kier alpha value is -0.820. The Labute approximate surface area is 111 Å². The first-order valence-corrected chi connectivity index (χ1v) is 7.22. The van der Waals surface area contributed by atoms with Gasteiger partial charge in [-0.3, -0.25) is 0 Å². The van der Waals surface area contributed by atoms with Crippen LogP contribution in [0.3, 0.4) is 0 Å². The van der Waals surface area contributed by atoms with Crippen molar-refractivity contribution in [1.82, 2.24) is 0 Å². The van der Waals surface area contributed by atoms with Gasteiger partial charge in [-0.25, -0.2) is 0 Å². The molecule has 1 heteroatoms. The molecule has 1 nitrogen and oxygen atoms in total. The van der Waals surface area contributed by atoms with Crippen LogP contribution in [-0.2, 0) is 0 Å². The molecule has 2 rings (SSSR count). The highest BCUT2D eigenvalue weighted by Gasteiger charge is 2.52. The molecule has 1 aliphatic carbocycles. The maximum Gasteiger partial charge on any atom is 0.0608 e. The molecule has 1 aromatic carbocycles. The third kappa shape index (κ3) is 1.80. The molecule has 1 aromatic rings. The number of benzene rings is 1. The molecule has 18 heavy (non-hydrogen) atoms. The maximum atomic E-state index is 10.2. The zero-order valence-electron chi connectivity index (χ0n) is 12.4. The molecule has 100 valence electrons. The molecule has 0 radical (unpaired) electrons. The molecule has 0 bridgehead atoms. The Morgan fingerprint density at radius 2 is 1.61 bits per heavy atom. The lowest BCUT2D eigenvalue weighted by molar-refractivity contribution is -0.0935. The zero-order chi connectivity index (χ0) is 13.5. The third-order valence-corrected chi connectivity index (χ3v) is 5.22. The lowest BCUT2D eigenvalue weighted by Gasteiger charge is -2.54. The van der Waals surface area contributed by atoms with E-state index in [9.17, 15) is 5.11 Å². The van der Waals surface area contributed by atoms with Crippen molar-refractivity contribution < 1.29 is 5.11 Å². The molecule has 0 aliphatic heterocycles. The summed E-state index contributed by atoms with van der Waals surface area (Å²) in [7, 11) is 0. The van der Waals surface area contributed by atoms with Gasteiger partial charge in [0.2, 0.25) is 0 Å². The van der Waals surface area contributed by atoms with E-state index in [1.807, 2.05) is 0 Å². The van der Waals surface area contributed by atoms with Crippen molar-refractivity contribution in [2.75, 3.05) is 0 Å². The van der Waals surface area contributed by atoms with Crippen molar-refractivity contribution in [3.05, 3.63) is 34.4 Å². The number of aryl methyl sites for hydroxylation is 3. The average Bonchev–Trinajstić information content (AvgIpc) is 2.28. The minimum atomic E-state index is -0.113. The van der Waals surface area contributed by atoms with Crippen LogP contribution in [0.1, 0.15) is 61.3 Å². The number of rotatable bonds is 3. The smallest absolute Gasteiger partial charge is 0.0608 e. The van der Waals surface area contributed by atoms with Gasteiger partial charge < -0.3 is 5.11 Å². The molecule has 2 unspecified atom stereocenters. The van der Waals surface area contributed by atoms with Gasteiger partial charge in [0, 0.05) is 5.41 Å². The summed E-state index contributed by atoms with van der Waals surface area (Å²) in [5.41, 5.74) is 5.75. The summed E-state index contributed by atoms with van der Waals surface area (Å²) in [5.74, 6) is 0.545. The van der Waals surface area contributed by atoms with E-state index >= 15 is 0 Å². The van der Waals surface area contributed by atoms with Gasteiger partial charge in [0.25, 0.3) is 0 Å². The first-order chi connectivity index (χ1) is 8.46. The quantitative estimate of drug-likeness (QED) is 0.844. The first kappa shape index (κ1) is 13.6. The molecule has 0 saturated heterocycles. The standard InChI is InChI=1S/C17H26O/c1-6-17(7-2)14(10-15(17)18)16-12(4)8-11(3)9-13(16)5/h8-9,14-15,18H,6-7,10H2,1-5H3. The topological polar surface area (TPSA) is 20.2 Å². The van der Waals surface area contributed by atoms with Crippen LogP contribution in [0.15, 0.2) is 12.1 Å². The zero-order valence-corrected chi connectivity index (χ0v) is 12.4. The Balaban J connectivity index is 2.45. The third-order valence-electron chi connectivity index (χ3n) is 5.22. The van der Waals surface area contributed by atoms with E-state index in [2.05, 4.69) is 46.8 Å². The molecule has 1 fully saturated rings. The van der Waals surface area contributed by atoms with Crippen LogP contribution in [-0.4, -0.2) is 11.2 Å². The summed E-state index contributed by atoms with van der Waals surface area (Å²) < 4.78 is 0. The van der Waals surface area contributed by atoms with Crippen LogP contribution in [0.25, 0.3) is 0 Å². The Bertz CT molecular complexity index is 420. The SMILES string of the molecule is CCC1(CC)C(O)CC1c1c(C)cc(C)cc1C. The Morgan fingerprint density at radius 3 is 2.00 bits per heavy atom. The highest BCUT2D eigenvalue weighted by atomic mass is 16.3. The lowest BCUT2D eigenvalue weighted by atomic mass is 9.52. The van der Waals surface area contributed by atoms with Crippen LogP contribution < -0.4 is 0 Å². The molecule has 0 amide bonds. The van der Waals surface area contributed by atoms with Crippen molar-refractivity contribution in [1.29, 1.82) is 0 Å². The van der Waals surface area contributed by atoms with Gasteiger partial charge in [-0.2, -0.15) is 0 Å². The van der Waals surface area contributed by atoms with Crippen molar-refractivity contribution in [3.8, 4) is 0 Å². The van der Waals surface area contributed by atoms with Gasteiger partial charge in [0.05, 0.1) is 6.10 Å². The van der Waals surface area contributed by atoms with Crippen molar-refractivity contribution in [2.45, 2.75) is 65.9 Å². The van der Waals surface area contributed by atoms with E-state index in [0.29, 0.717) is 5.92 Å². The van der Waals surface area contributed by atoms with Crippen LogP contribution in [0.4, 0.5) is 0 Å². The molecule has 0 heterocycles. The number of hydrogen-bond acceptors (Lipinski definition) is 1. The van der Waals surface area contributed by atoms with Crippen molar-refractivity contribution in [2.24, 2.45) is 5.41 Å². The predicted octanol–water partition coefficient (Wildman–Crippen LogP) is 4.27. The van der Waals surface area contributed by atoms with Crippen LogP contribution >= 0.6 is 0 Å². The van der Waals surface area contributed by atoms with Crippen LogP contribution in [0.2, 0.25) is 0 Å². The molecule has 1 aliphatic rings. The molecular formula is C17H26O. The van der Waals surface area contributed by atoms with Gasteiger partial charge in [-0.1, -0.05) is 31.5 Å². The average molecular weight is 246 g/mol. The normalized spacial score (nSPS) is 25.9. The fraction of sp³-hybridized carbons (Fsp3) is 0.647. The van der Waals surface area contributed by atoms with E-state index in [1.165, 1.54) is 22.3 Å². The summed E-state index contributed by atoms with van der Waals surface area (Å²) in [6.07, 6.45) is 2.97. The van der Waals surface area contributed by atoms with E-state index < -0.39 is 0 Å². The second-order valence-electron chi connectivity index (χ2n) is 6.06. The maximum absolute atomic E-state index is 10.2. The summed E-state index contributed by atoms with van der Waals surface area (Å²) in [5, 5.41) is 10.2. The number of aliphatic hydroxyl groups is 1.